The topological polar surface area (TPSA) is 35.8 Å². The van der Waals surface area contributed by atoms with Crippen molar-refractivity contribution in [3.05, 3.63) is 0 Å². The number of nitrogens with one attached hydrogen (secondary N) is 1. The van der Waals surface area contributed by atoms with Crippen LogP contribution in [0.5, 0.6) is 0 Å². The van der Waals surface area contributed by atoms with Gasteiger partial charge < -0.3 is 0 Å². The van der Waals surface area contributed by atoms with Crippen LogP contribution in [0.4, 0.5) is 0 Å². The van der Waals surface area contributed by atoms with Crippen molar-refractivity contribution in [1.29, 1.82) is 5.26 Å². The van der Waals surface area contributed by atoms with Crippen LogP contribution in [0.25, 0.3) is 0 Å². The van der Waals surface area contributed by atoms with Gasteiger partial charge in [0.2, 0.25) is 0 Å². The summed E-state index contributed by atoms with van der Waals surface area (Å²) >= 11 is 1.87. The molecule has 0 rings (SSSR count). The van der Waals surface area contributed by atoms with Gasteiger partial charge in [-0.3, -0.25) is 5.32 Å². The molecule has 0 heterocycles. The van der Waals surface area contributed by atoms with Gasteiger partial charge in [-0.2, -0.15) is 17.0 Å². The summed E-state index contributed by atoms with van der Waals surface area (Å²) in [6, 6.07) is 2.37. The van der Waals surface area contributed by atoms with Gasteiger partial charge in [-0.25, -0.2) is 0 Å². The first-order chi connectivity index (χ1) is 6.68. The number of hydrogen-bond donors (Lipinski definition) is 1. The lowest BCUT2D eigenvalue weighted by Crippen LogP contribution is -2.41. The van der Waals surface area contributed by atoms with Gasteiger partial charge in [0.1, 0.15) is 5.54 Å². The molecule has 1 N–H and O–H groups in total. The minimum atomic E-state index is -0.311. The van der Waals surface area contributed by atoms with Crippen LogP contribution in [0.3, 0.4) is 0 Å². The number of nitrogens with zero attached hydrogens (tertiary/aromatic N) is 1. The largest absolute Gasteiger partial charge is 0.300 e. The van der Waals surface area contributed by atoms with Crippen molar-refractivity contribution in [3.63, 3.8) is 0 Å². The molecule has 0 aliphatic heterocycles. The summed E-state index contributed by atoms with van der Waals surface area (Å²) in [5.74, 6) is 1.20. The first-order valence-corrected chi connectivity index (χ1v) is 6.73. The van der Waals surface area contributed by atoms with Crippen molar-refractivity contribution >= 4 is 11.8 Å². The Morgan fingerprint density at radius 3 is 2.64 bits per heavy atom. The van der Waals surface area contributed by atoms with E-state index in [2.05, 4.69) is 24.6 Å². The fourth-order valence-electron chi connectivity index (χ4n) is 1.31. The van der Waals surface area contributed by atoms with Gasteiger partial charge in [-0.1, -0.05) is 6.92 Å². The zero-order valence-corrected chi connectivity index (χ0v) is 10.4. The molecule has 0 radical (unpaired) electrons. The van der Waals surface area contributed by atoms with Crippen LogP contribution in [0, 0.1) is 11.3 Å². The average molecular weight is 214 g/mol. The van der Waals surface area contributed by atoms with Crippen LogP contribution in [0.15, 0.2) is 0 Å². The van der Waals surface area contributed by atoms with Crippen molar-refractivity contribution in [2.75, 3.05) is 18.6 Å². The Balaban J connectivity index is 3.70. The zero-order chi connectivity index (χ0) is 10.9. The quantitative estimate of drug-likeness (QED) is 0.631. The Morgan fingerprint density at radius 2 is 2.14 bits per heavy atom. The molecule has 0 aromatic carbocycles. The van der Waals surface area contributed by atoms with Gasteiger partial charge in [0.05, 0.1) is 6.07 Å². The Hall–Kier alpha value is -0.200. The molecule has 0 fully saturated rings. The summed E-state index contributed by atoms with van der Waals surface area (Å²) in [6.07, 6.45) is 6.53. The van der Waals surface area contributed by atoms with Gasteiger partial charge in [0.25, 0.3) is 0 Å². The summed E-state index contributed by atoms with van der Waals surface area (Å²) in [6.45, 7) is 5.06. The molecule has 0 aromatic heterocycles. The lowest BCUT2D eigenvalue weighted by molar-refractivity contribution is 0.406. The highest BCUT2D eigenvalue weighted by molar-refractivity contribution is 7.98. The molecule has 14 heavy (non-hydrogen) atoms. The molecule has 2 nitrogen and oxygen atoms in total. The van der Waals surface area contributed by atoms with Crippen molar-refractivity contribution in [3.8, 4) is 6.07 Å². The third kappa shape index (κ3) is 6.28. The Kier molecular flexibility index (Phi) is 8.02. The highest BCUT2D eigenvalue weighted by atomic mass is 32.2. The Bertz CT molecular complexity index is 177. The lowest BCUT2D eigenvalue weighted by atomic mass is 9.96. The van der Waals surface area contributed by atoms with Gasteiger partial charge in [0, 0.05) is 0 Å². The molecule has 1 unspecified atom stereocenters. The second-order valence-electron chi connectivity index (χ2n) is 3.82. The van der Waals surface area contributed by atoms with Crippen LogP contribution in [0.1, 0.15) is 39.5 Å². The molecule has 1 atom stereocenters. The third-order valence-electron chi connectivity index (χ3n) is 2.29. The third-order valence-corrected chi connectivity index (χ3v) is 2.98. The van der Waals surface area contributed by atoms with E-state index in [0.717, 1.165) is 25.8 Å². The average Bonchev–Trinajstić information content (AvgIpc) is 2.22. The first kappa shape index (κ1) is 13.8. The summed E-state index contributed by atoms with van der Waals surface area (Å²) in [7, 11) is 0. The summed E-state index contributed by atoms with van der Waals surface area (Å²) in [4.78, 5) is 0. The predicted octanol–water partition coefficient (Wildman–Crippen LogP) is 2.80. The summed E-state index contributed by atoms with van der Waals surface area (Å²) < 4.78 is 0. The molecule has 0 aliphatic rings. The van der Waals surface area contributed by atoms with Crippen molar-refractivity contribution < 1.29 is 0 Å². The molecule has 3 heteroatoms. The molecule has 0 saturated heterocycles. The first-order valence-electron chi connectivity index (χ1n) is 5.33. The van der Waals surface area contributed by atoms with Gasteiger partial charge in [0.15, 0.2) is 0 Å². The highest BCUT2D eigenvalue weighted by Crippen LogP contribution is 2.14. The van der Waals surface area contributed by atoms with E-state index < -0.39 is 0 Å². The van der Waals surface area contributed by atoms with E-state index in [4.69, 9.17) is 5.26 Å². The number of unbranched alkanes of at least 4 members (excludes halogenated alkanes) is 1. The number of nitriles is 1. The Labute approximate surface area is 92.5 Å². The van der Waals surface area contributed by atoms with Crippen LogP contribution in [-0.4, -0.2) is 24.1 Å². The van der Waals surface area contributed by atoms with Crippen molar-refractivity contribution in [2.45, 2.75) is 45.1 Å². The maximum Gasteiger partial charge on any atom is 0.103 e. The fourth-order valence-corrected chi connectivity index (χ4v) is 1.80. The van der Waals surface area contributed by atoms with Crippen LogP contribution >= 0.6 is 11.8 Å². The van der Waals surface area contributed by atoms with E-state index >= 15 is 0 Å². The molecule has 0 aliphatic carbocycles. The van der Waals surface area contributed by atoms with Crippen LogP contribution < -0.4 is 5.32 Å². The lowest BCUT2D eigenvalue weighted by Gasteiger charge is -2.22. The van der Waals surface area contributed by atoms with E-state index in [0.29, 0.717) is 0 Å². The zero-order valence-electron chi connectivity index (χ0n) is 9.60. The fraction of sp³-hybridized carbons (Fsp3) is 0.909. The molecule has 0 bridgehead atoms. The van der Waals surface area contributed by atoms with Gasteiger partial charge >= 0.3 is 0 Å². The maximum absolute atomic E-state index is 9.05. The van der Waals surface area contributed by atoms with E-state index in [9.17, 15) is 0 Å². The number of hydrogen-bond acceptors (Lipinski definition) is 3. The van der Waals surface area contributed by atoms with Gasteiger partial charge in [-0.15, -0.1) is 0 Å². The summed E-state index contributed by atoms with van der Waals surface area (Å²) in [5, 5.41) is 12.4. The molecular weight excluding hydrogens is 192 g/mol. The maximum atomic E-state index is 9.05. The molecule has 82 valence electrons. The number of thioether (sulfide) groups is 1. The monoisotopic (exact) mass is 214 g/mol. The van der Waals surface area contributed by atoms with E-state index in [1.165, 1.54) is 12.2 Å². The minimum Gasteiger partial charge on any atom is -0.300 e. The predicted molar refractivity (Wildman–Crippen MR) is 64.5 cm³/mol. The highest BCUT2D eigenvalue weighted by Gasteiger charge is 2.21. The van der Waals surface area contributed by atoms with E-state index in [1.807, 2.05) is 18.7 Å². The number of rotatable bonds is 8. The van der Waals surface area contributed by atoms with Crippen molar-refractivity contribution in [2.24, 2.45) is 0 Å². The summed E-state index contributed by atoms with van der Waals surface area (Å²) in [5.41, 5.74) is -0.311. The molecule has 0 aromatic rings. The molecule has 0 saturated carbocycles. The minimum absolute atomic E-state index is 0.311. The van der Waals surface area contributed by atoms with Gasteiger partial charge in [-0.05, 0) is 51.2 Å². The Morgan fingerprint density at radius 1 is 1.43 bits per heavy atom. The standard InChI is InChI=1S/C11H22N2S/c1-4-8-13-11(2,10-12)7-5-6-9-14-3/h13H,4-9H2,1-3H3. The second kappa shape index (κ2) is 8.14. The van der Waals surface area contributed by atoms with Crippen molar-refractivity contribution in [1.82, 2.24) is 5.32 Å². The van der Waals surface area contributed by atoms with E-state index in [-0.39, 0.29) is 5.54 Å². The normalized spacial score (nSPS) is 14.7. The van der Waals surface area contributed by atoms with Crippen LogP contribution in [0.2, 0.25) is 0 Å². The van der Waals surface area contributed by atoms with E-state index in [1.54, 1.807) is 0 Å². The molecule has 0 spiro atoms. The molecular formula is C11H22N2S. The molecule has 0 amide bonds. The smallest absolute Gasteiger partial charge is 0.103 e. The second-order valence-corrected chi connectivity index (χ2v) is 4.81. The van der Waals surface area contributed by atoms with Crippen LogP contribution in [-0.2, 0) is 0 Å². The SMILES string of the molecule is CCCNC(C)(C#N)CCCCSC.